The van der Waals surface area contributed by atoms with Crippen LogP contribution in [0, 0.1) is 0 Å². The van der Waals surface area contributed by atoms with Gasteiger partial charge in [0.05, 0.1) is 11.6 Å². The van der Waals surface area contributed by atoms with Gasteiger partial charge in [-0.05, 0) is 24.1 Å². The number of aliphatic hydroxyl groups excluding tert-OH is 1. The highest BCUT2D eigenvalue weighted by atomic mass is 79.9. The first-order chi connectivity index (χ1) is 13.5. The fourth-order valence-corrected chi connectivity index (χ4v) is 3.83. The van der Waals surface area contributed by atoms with Crippen molar-refractivity contribution >= 4 is 33.4 Å². The molecule has 2 aromatic carbocycles. The Kier molecular flexibility index (Phi) is 6.68. The molecule has 1 saturated heterocycles. The van der Waals surface area contributed by atoms with Crippen molar-refractivity contribution in [1.29, 1.82) is 0 Å². The number of unbranched alkanes of at least 4 members (excludes halogenated alkanes) is 3. The van der Waals surface area contributed by atoms with Gasteiger partial charge in [0, 0.05) is 16.6 Å². The van der Waals surface area contributed by atoms with Gasteiger partial charge in [-0.2, -0.15) is 0 Å². The van der Waals surface area contributed by atoms with Crippen molar-refractivity contribution in [3.05, 3.63) is 75.8 Å². The van der Waals surface area contributed by atoms with Crippen LogP contribution in [0.15, 0.2) is 64.6 Å². The molecule has 1 aliphatic heterocycles. The minimum absolute atomic E-state index is 0.122. The number of nitrogens with zero attached hydrogens (tertiary/aromatic N) is 1. The number of halogens is 1. The topological polar surface area (TPSA) is 57.6 Å². The predicted octanol–water partition coefficient (Wildman–Crippen LogP) is 5.45. The molecular weight excluding hydrogens is 418 g/mol. The van der Waals surface area contributed by atoms with E-state index in [2.05, 4.69) is 22.9 Å². The zero-order chi connectivity index (χ0) is 20.1. The number of carbonyl (C=O) groups excluding carboxylic acids is 2. The fraction of sp³-hybridized carbons (Fsp3) is 0.304. The highest BCUT2D eigenvalue weighted by Crippen LogP contribution is 2.39. The summed E-state index contributed by atoms with van der Waals surface area (Å²) in [6, 6.07) is 15.9. The maximum absolute atomic E-state index is 12.9. The van der Waals surface area contributed by atoms with Crippen LogP contribution in [0.4, 0.5) is 0 Å². The van der Waals surface area contributed by atoms with E-state index >= 15 is 0 Å². The highest BCUT2D eigenvalue weighted by molar-refractivity contribution is 9.10. The normalized spacial score (nSPS) is 18.6. The lowest BCUT2D eigenvalue weighted by atomic mass is 9.95. The molecule has 0 aliphatic carbocycles. The molecule has 1 amide bonds. The van der Waals surface area contributed by atoms with Crippen LogP contribution in [-0.4, -0.2) is 28.2 Å². The predicted molar refractivity (Wildman–Crippen MR) is 114 cm³/mol. The second kappa shape index (κ2) is 9.20. The van der Waals surface area contributed by atoms with E-state index in [1.54, 1.807) is 29.2 Å². The van der Waals surface area contributed by atoms with Crippen molar-refractivity contribution in [2.45, 2.75) is 38.6 Å². The lowest BCUT2D eigenvalue weighted by molar-refractivity contribution is -0.139. The molecule has 4 nitrogen and oxygen atoms in total. The average molecular weight is 442 g/mol. The van der Waals surface area contributed by atoms with E-state index in [1.807, 2.05) is 30.3 Å². The summed E-state index contributed by atoms with van der Waals surface area (Å²) in [4.78, 5) is 27.2. The quantitative estimate of drug-likeness (QED) is 0.269. The van der Waals surface area contributed by atoms with Crippen LogP contribution in [0.1, 0.15) is 49.8 Å². The second-order valence-electron chi connectivity index (χ2n) is 6.97. The van der Waals surface area contributed by atoms with Gasteiger partial charge in [-0.3, -0.25) is 9.59 Å². The SMILES string of the molecule is CCCCCCN1C(=O)C(=O)/C(=C(/O)c2ccccc2)C1c1ccc(Br)cc1. The number of amides is 1. The third-order valence-corrected chi connectivity index (χ3v) is 5.55. The summed E-state index contributed by atoms with van der Waals surface area (Å²) in [5.74, 6) is -1.28. The third kappa shape index (κ3) is 4.20. The number of ketones is 1. The lowest BCUT2D eigenvalue weighted by Crippen LogP contribution is -2.30. The molecule has 146 valence electrons. The molecule has 1 N–H and O–H groups in total. The van der Waals surface area contributed by atoms with Gasteiger partial charge < -0.3 is 10.0 Å². The van der Waals surface area contributed by atoms with Gasteiger partial charge in [0.25, 0.3) is 11.7 Å². The van der Waals surface area contributed by atoms with Crippen LogP contribution in [0.5, 0.6) is 0 Å². The monoisotopic (exact) mass is 441 g/mol. The summed E-state index contributed by atoms with van der Waals surface area (Å²) >= 11 is 3.42. The lowest BCUT2D eigenvalue weighted by Gasteiger charge is -2.25. The molecule has 0 spiro atoms. The first kappa shape index (κ1) is 20.3. The van der Waals surface area contributed by atoms with E-state index in [0.717, 1.165) is 35.7 Å². The van der Waals surface area contributed by atoms with Crippen LogP contribution in [0.3, 0.4) is 0 Å². The summed E-state index contributed by atoms with van der Waals surface area (Å²) < 4.78 is 0.916. The average Bonchev–Trinajstić information content (AvgIpc) is 2.97. The molecule has 1 fully saturated rings. The maximum Gasteiger partial charge on any atom is 0.295 e. The number of hydrogen-bond donors (Lipinski definition) is 1. The number of aliphatic hydroxyl groups is 1. The van der Waals surface area contributed by atoms with Gasteiger partial charge in [0.15, 0.2) is 0 Å². The van der Waals surface area contributed by atoms with Gasteiger partial charge in [0.2, 0.25) is 0 Å². The Morgan fingerprint density at radius 2 is 1.68 bits per heavy atom. The van der Waals surface area contributed by atoms with Gasteiger partial charge in [-0.15, -0.1) is 0 Å². The summed E-state index contributed by atoms with van der Waals surface area (Å²) in [5, 5.41) is 10.9. The minimum Gasteiger partial charge on any atom is -0.507 e. The van der Waals surface area contributed by atoms with Gasteiger partial charge in [-0.25, -0.2) is 0 Å². The van der Waals surface area contributed by atoms with Crippen molar-refractivity contribution in [2.75, 3.05) is 6.54 Å². The molecule has 0 saturated carbocycles. The number of likely N-dealkylation sites (tertiary alicyclic amines) is 1. The largest absolute Gasteiger partial charge is 0.507 e. The molecule has 1 unspecified atom stereocenters. The number of Topliss-reactive ketones (excluding diaryl/α,β-unsaturated/α-hetero) is 1. The first-order valence-electron chi connectivity index (χ1n) is 9.64. The fourth-order valence-electron chi connectivity index (χ4n) is 3.56. The van der Waals surface area contributed by atoms with Crippen molar-refractivity contribution in [2.24, 2.45) is 0 Å². The standard InChI is InChI=1S/C23H24BrNO3/c1-2-3-4-8-15-25-20(16-11-13-18(24)14-12-16)19(22(27)23(25)28)21(26)17-9-6-5-7-10-17/h5-7,9-14,20,26H,2-4,8,15H2,1H3/b21-19+. The van der Waals surface area contributed by atoms with Crippen molar-refractivity contribution in [3.63, 3.8) is 0 Å². The van der Waals surface area contributed by atoms with Crippen LogP contribution in [0.25, 0.3) is 5.76 Å². The Balaban J connectivity index is 2.04. The summed E-state index contributed by atoms with van der Waals surface area (Å²) in [5.41, 5.74) is 1.51. The van der Waals surface area contributed by atoms with Gasteiger partial charge in [-0.1, -0.05) is 84.6 Å². The molecule has 28 heavy (non-hydrogen) atoms. The third-order valence-electron chi connectivity index (χ3n) is 5.03. The van der Waals surface area contributed by atoms with Crippen molar-refractivity contribution < 1.29 is 14.7 Å². The maximum atomic E-state index is 12.9. The van der Waals surface area contributed by atoms with E-state index in [1.165, 1.54) is 0 Å². The molecule has 1 aliphatic rings. The van der Waals surface area contributed by atoms with Gasteiger partial charge >= 0.3 is 0 Å². The Hall–Kier alpha value is -2.40. The van der Waals surface area contributed by atoms with E-state index in [9.17, 15) is 14.7 Å². The number of hydrogen-bond acceptors (Lipinski definition) is 3. The molecule has 3 rings (SSSR count). The molecule has 2 aromatic rings. The zero-order valence-electron chi connectivity index (χ0n) is 15.9. The number of rotatable bonds is 7. The Bertz CT molecular complexity index is 874. The van der Waals surface area contributed by atoms with Crippen LogP contribution in [-0.2, 0) is 9.59 Å². The van der Waals surface area contributed by atoms with E-state index in [4.69, 9.17) is 0 Å². The van der Waals surface area contributed by atoms with Crippen molar-refractivity contribution in [3.8, 4) is 0 Å². The van der Waals surface area contributed by atoms with E-state index < -0.39 is 17.7 Å². The summed E-state index contributed by atoms with van der Waals surface area (Å²) in [6.07, 6.45) is 4.03. The van der Waals surface area contributed by atoms with E-state index in [0.29, 0.717) is 12.1 Å². The Labute approximate surface area is 174 Å². The number of carbonyl (C=O) groups is 2. The zero-order valence-corrected chi connectivity index (χ0v) is 17.5. The molecule has 0 radical (unpaired) electrons. The van der Waals surface area contributed by atoms with Crippen LogP contribution < -0.4 is 0 Å². The number of benzene rings is 2. The molecule has 1 heterocycles. The highest BCUT2D eigenvalue weighted by Gasteiger charge is 2.45. The molecule has 5 heteroatoms. The second-order valence-corrected chi connectivity index (χ2v) is 7.89. The van der Waals surface area contributed by atoms with Crippen molar-refractivity contribution in [1.82, 2.24) is 4.90 Å². The summed E-state index contributed by atoms with van der Waals surface area (Å²) in [6.45, 7) is 2.63. The minimum atomic E-state index is -0.621. The first-order valence-corrected chi connectivity index (χ1v) is 10.4. The summed E-state index contributed by atoms with van der Waals surface area (Å²) in [7, 11) is 0. The molecular formula is C23H24BrNO3. The van der Waals surface area contributed by atoms with E-state index in [-0.39, 0.29) is 11.3 Å². The Morgan fingerprint density at radius 3 is 2.32 bits per heavy atom. The molecule has 0 aromatic heterocycles. The van der Waals surface area contributed by atoms with Crippen LogP contribution >= 0.6 is 15.9 Å². The molecule has 1 atom stereocenters. The molecule has 0 bridgehead atoms. The Morgan fingerprint density at radius 1 is 1.00 bits per heavy atom. The van der Waals surface area contributed by atoms with Gasteiger partial charge in [0.1, 0.15) is 5.76 Å². The van der Waals surface area contributed by atoms with Crippen LogP contribution in [0.2, 0.25) is 0 Å². The smallest absolute Gasteiger partial charge is 0.295 e.